The Morgan fingerprint density at radius 1 is 1.50 bits per heavy atom. The second-order valence-corrected chi connectivity index (χ2v) is 5.03. The van der Waals surface area contributed by atoms with Crippen LogP contribution in [0, 0.1) is 0 Å². The molecule has 2 heterocycles. The van der Waals surface area contributed by atoms with Gasteiger partial charge in [0.05, 0.1) is 12.4 Å². The van der Waals surface area contributed by atoms with Crippen LogP contribution >= 0.6 is 12.2 Å². The number of anilines is 1. The number of carbonyl (C=O) groups excluding carboxylic acids is 1. The molecular weight excluding hydrogens is 250 g/mol. The number of nitrogens with one attached hydrogen (secondary N) is 1. The molecule has 1 aromatic rings. The number of thiocarbonyl (C=S) groups is 1. The van der Waals surface area contributed by atoms with Gasteiger partial charge in [0.25, 0.3) is 0 Å². The Labute approximate surface area is 111 Å². The van der Waals surface area contributed by atoms with Gasteiger partial charge in [-0.25, -0.2) is 9.97 Å². The fraction of sp³-hybridized carbons (Fsp3) is 0.455. The molecule has 0 radical (unpaired) electrons. The quantitative estimate of drug-likeness (QED) is 0.722. The van der Waals surface area contributed by atoms with E-state index in [1.165, 1.54) is 6.20 Å². The van der Waals surface area contributed by atoms with Gasteiger partial charge in [-0.2, -0.15) is 0 Å². The second-order valence-electron chi connectivity index (χ2n) is 4.59. The number of rotatable bonds is 2. The summed E-state index contributed by atoms with van der Waals surface area (Å²) in [4.78, 5) is 22.4. The number of nitrogens with two attached hydrogens (primary N) is 1. The van der Waals surface area contributed by atoms with Crippen LogP contribution in [0.25, 0.3) is 0 Å². The molecule has 0 aliphatic carbocycles. The fourth-order valence-corrected chi connectivity index (χ4v) is 1.99. The molecule has 6 nitrogen and oxygen atoms in total. The van der Waals surface area contributed by atoms with Crippen LogP contribution in [0.3, 0.4) is 0 Å². The molecule has 1 aliphatic rings. The summed E-state index contributed by atoms with van der Waals surface area (Å²) in [7, 11) is 0. The van der Waals surface area contributed by atoms with Crippen molar-refractivity contribution in [3.63, 3.8) is 0 Å². The van der Waals surface area contributed by atoms with Crippen molar-refractivity contribution in [3.8, 4) is 0 Å². The summed E-state index contributed by atoms with van der Waals surface area (Å²) in [6.07, 6.45) is 3.12. The highest BCUT2D eigenvalue weighted by Crippen LogP contribution is 2.23. The van der Waals surface area contributed by atoms with Gasteiger partial charge in [0.2, 0.25) is 5.91 Å². The highest BCUT2D eigenvalue weighted by molar-refractivity contribution is 7.80. The minimum Gasteiger partial charge on any atom is -0.388 e. The molecule has 0 unspecified atom stereocenters. The van der Waals surface area contributed by atoms with Crippen LogP contribution in [0.2, 0.25) is 0 Å². The third-order valence-corrected chi connectivity index (χ3v) is 3.23. The molecule has 0 atom stereocenters. The number of hydrogen-bond donors (Lipinski definition) is 2. The van der Waals surface area contributed by atoms with Crippen LogP contribution in [0.4, 0.5) is 5.82 Å². The van der Waals surface area contributed by atoms with E-state index >= 15 is 0 Å². The summed E-state index contributed by atoms with van der Waals surface area (Å²) < 4.78 is 0. The Morgan fingerprint density at radius 3 is 2.78 bits per heavy atom. The molecule has 2 rings (SSSR count). The lowest BCUT2D eigenvalue weighted by Crippen LogP contribution is -2.62. The van der Waals surface area contributed by atoms with E-state index in [4.69, 9.17) is 18.0 Å². The van der Waals surface area contributed by atoms with Crippen molar-refractivity contribution in [1.29, 1.82) is 0 Å². The highest BCUT2D eigenvalue weighted by Gasteiger charge is 2.38. The minimum absolute atomic E-state index is 0.0195. The molecule has 18 heavy (non-hydrogen) atoms. The number of carbonyl (C=O) groups is 1. The number of nitrogens with zero attached hydrogens (tertiary/aromatic N) is 3. The predicted octanol–water partition coefficient (Wildman–Crippen LogP) is -0.174. The van der Waals surface area contributed by atoms with Crippen LogP contribution in [0.1, 0.15) is 19.5 Å². The third-order valence-electron chi connectivity index (χ3n) is 3.02. The monoisotopic (exact) mass is 265 g/mol. The van der Waals surface area contributed by atoms with Gasteiger partial charge in [-0.3, -0.25) is 4.79 Å². The van der Waals surface area contributed by atoms with Crippen molar-refractivity contribution in [2.45, 2.75) is 19.4 Å². The minimum atomic E-state index is -0.641. The lowest BCUT2D eigenvalue weighted by molar-refractivity contribution is -0.126. The van der Waals surface area contributed by atoms with E-state index in [2.05, 4.69) is 15.3 Å². The average molecular weight is 265 g/mol. The van der Waals surface area contributed by atoms with E-state index in [9.17, 15) is 4.79 Å². The van der Waals surface area contributed by atoms with Crippen molar-refractivity contribution in [2.24, 2.45) is 5.73 Å². The Balaban J connectivity index is 2.30. The molecule has 0 spiro atoms. The van der Waals surface area contributed by atoms with Crippen LogP contribution in [0.15, 0.2) is 12.4 Å². The van der Waals surface area contributed by atoms with Gasteiger partial charge in [0.1, 0.15) is 22.0 Å². The zero-order valence-corrected chi connectivity index (χ0v) is 11.1. The van der Waals surface area contributed by atoms with Gasteiger partial charge in [-0.1, -0.05) is 12.2 Å². The molecule has 7 heteroatoms. The summed E-state index contributed by atoms with van der Waals surface area (Å²) in [6, 6.07) is 0. The molecule has 0 saturated carbocycles. The lowest BCUT2D eigenvalue weighted by atomic mass is 9.99. The van der Waals surface area contributed by atoms with Crippen LogP contribution < -0.4 is 16.0 Å². The maximum absolute atomic E-state index is 11.8. The van der Waals surface area contributed by atoms with Crippen molar-refractivity contribution >= 4 is 28.9 Å². The third kappa shape index (κ3) is 2.13. The summed E-state index contributed by atoms with van der Waals surface area (Å²) in [5, 5.41) is 2.83. The molecule has 1 amide bonds. The smallest absolute Gasteiger partial charge is 0.245 e. The van der Waals surface area contributed by atoms with E-state index < -0.39 is 5.54 Å². The molecule has 0 bridgehead atoms. The second kappa shape index (κ2) is 4.49. The molecule has 1 aromatic heterocycles. The van der Waals surface area contributed by atoms with Gasteiger partial charge < -0.3 is 16.0 Å². The molecule has 1 aliphatic heterocycles. The Bertz CT molecular complexity index is 485. The van der Waals surface area contributed by atoms with Crippen molar-refractivity contribution < 1.29 is 4.79 Å². The van der Waals surface area contributed by atoms with E-state index in [0.29, 0.717) is 24.6 Å². The number of aromatic nitrogens is 2. The molecule has 96 valence electrons. The normalized spacial score (nSPS) is 18.3. The van der Waals surface area contributed by atoms with Gasteiger partial charge in [-0.05, 0) is 13.8 Å². The number of hydrogen-bond acceptors (Lipinski definition) is 5. The van der Waals surface area contributed by atoms with Crippen LogP contribution in [-0.2, 0) is 4.79 Å². The predicted molar refractivity (Wildman–Crippen MR) is 72.4 cm³/mol. The zero-order valence-electron chi connectivity index (χ0n) is 10.3. The first-order valence-electron chi connectivity index (χ1n) is 5.60. The summed E-state index contributed by atoms with van der Waals surface area (Å²) in [5.41, 5.74) is 5.31. The van der Waals surface area contributed by atoms with Crippen LogP contribution in [-0.4, -0.2) is 39.5 Å². The van der Waals surface area contributed by atoms with Crippen LogP contribution in [0.5, 0.6) is 0 Å². The SMILES string of the molecule is CC1(C)C(=O)NCCN1c1cnc(C(N)=S)cn1. The fourth-order valence-electron chi connectivity index (χ4n) is 1.89. The van der Waals surface area contributed by atoms with Crippen molar-refractivity contribution in [1.82, 2.24) is 15.3 Å². The first-order chi connectivity index (χ1) is 8.43. The number of amides is 1. The number of piperazine rings is 1. The molecular formula is C11H15N5OS. The largest absolute Gasteiger partial charge is 0.388 e. The van der Waals surface area contributed by atoms with Crippen molar-refractivity contribution in [3.05, 3.63) is 18.1 Å². The highest BCUT2D eigenvalue weighted by atomic mass is 32.1. The maximum Gasteiger partial charge on any atom is 0.245 e. The van der Waals surface area contributed by atoms with E-state index in [1.54, 1.807) is 6.20 Å². The lowest BCUT2D eigenvalue weighted by Gasteiger charge is -2.41. The van der Waals surface area contributed by atoms with Gasteiger partial charge in [0, 0.05) is 13.1 Å². The molecule has 0 aromatic carbocycles. The van der Waals surface area contributed by atoms with E-state index in [-0.39, 0.29) is 10.9 Å². The summed E-state index contributed by atoms with van der Waals surface area (Å²) >= 11 is 4.82. The average Bonchev–Trinajstić information content (AvgIpc) is 2.33. The molecule has 3 N–H and O–H groups in total. The van der Waals surface area contributed by atoms with Gasteiger partial charge in [-0.15, -0.1) is 0 Å². The molecule has 1 fully saturated rings. The summed E-state index contributed by atoms with van der Waals surface area (Å²) in [6.45, 7) is 5.00. The molecule has 1 saturated heterocycles. The Hall–Kier alpha value is -1.76. The van der Waals surface area contributed by atoms with Crippen molar-refractivity contribution in [2.75, 3.05) is 18.0 Å². The van der Waals surface area contributed by atoms with Gasteiger partial charge >= 0.3 is 0 Å². The van der Waals surface area contributed by atoms with Gasteiger partial charge in [0.15, 0.2) is 0 Å². The summed E-state index contributed by atoms with van der Waals surface area (Å²) in [5.74, 6) is 0.629. The Morgan fingerprint density at radius 2 is 2.22 bits per heavy atom. The first-order valence-corrected chi connectivity index (χ1v) is 6.01. The standard InChI is InChI=1S/C11H15N5OS/c1-11(2)10(17)13-3-4-16(11)8-6-14-7(5-15-8)9(12)18/h5-6H,3-4H2,1-2H3,(H2,12,18)(H,13,17). The zero-order chi connectivity index (χ0) is 13.3. The van der Waals surface area contributed by atoms with E-state index in [0.717, 1.165) is 0 Å². The topological polar surface area (TPSA) is 84.1 Å². The van der Waals surface area contributed by atoms with E-state index in [1.807, 2.05) is 18.7 Å². The Kier molecular flexibility index (Phi) is 3.16. The maximum atomic E-state index is 11.8. The first kappa shape index (κ1) is 12.7.